The molecule has 0 bridgehead atoms. The fourth-order valence-corrected chi connectivity index (χ4v) is 0.943. The molecule has 1 rings (SSSR count). The summed E-state index contributed by atoms with van der Waals surface area (Å²) in [6.45, 7) is 1.73. The van der Waals surface area contributed by atoms with Crippen molar-refractivity contribution in [2.75, 3.05) is 12.4 Å². The van der Waals surface area contributed by atoms with Crippen molar-refractivity contribution in [3.63, 3.8) is 0 Å². The molecule has 0 aliphatic carbocycles. The lowest BCUT2D eigenvalue weighted by Crippen LogP contribution is -2.08. The Morgan fingerprint density at radius 1 is 1.36 bits per heavy atom. The van der Waals surface area contributed by atoms with Crippen LogP contribution in [0.1, 0.15) is 6.92 Å². The molecule has 0 unspecified atom stereocenters. The smallest absolute Gasteiger partial charge is 0.251 e. The summed E-state index contributed by atoms with van der Waals surface area (Å²) in [6, 6.07) is 9.28. The van der Waals surface area contributed by atoms with Gasteiger partial charge in [-0.2, -0.15) is 0 Å². The first kappa shape index (κ1) is 10.3. The van der Waals surface area contributed by atoms with Crippen LogP contribution >= 0.6 is 0 Å². The van der Waals surface area contributed by atoms with Crippen LogP contribution in [0.5, 0.6) is 0 Å². The highest BCUT2D eigenvalue weighted by molar-refractivity contribution is 5.99. The lowest BCUT2D eigenvalue weighted by Gasteiger charge is -2.02. The number of carbonyl (C=O) groups is 1. The Balaban J connectivity index is 2.58. The number of anilines is 1. The summed E-state index contributed by atoms with van der Waals surface area (Å²) in [7, 11) is 1.53. The number of nitrogens with one attached hydrogen (secondary N) is 1. The molecule has 0 spiro atoms. The molecule has 0 atom stereocenters. The number of rotatable bonds is 3. The summed E-state index contributed by atoms with van der Waals surface area (Å²) in [5.74, 6) is 0.397. The molecule has 3 heteroatoms. The minimum atomic E-state index is -0.185. The van der Waals surface area contributed by atoms with Crippen LogP contribution in [0.25, 0.3) is 0 Å². The third kappa shape index (κ3) is 3.31. The van der Waals surface area contributed by atoms with E-state index in [1.807, 2.05) is 30.3 Å². The van der Waals surface area contributed by atoms with Crippen LogP contribution in [0.4, 0.5) is 5.69 Å². The summed E-state index contributed by atoms with van der Waals surface area (Å²) < 4.78 is 4.86. The SMILES string of the molecule is CO/C(C)=C\C(=O)Nc1ccccc1. The van der Waals surface area contributed by atoms with Crippen LogP contribution in [0.2, 0.25) is 0 Å². The van der Waals surface area contributed by atoms with E-state index in [0.29, 0.717) is 5.76 Å². The molecule has 14 heavy (non-hydrogen) atoms. The molecule has 0 saturated carbocycles. The van der Waals surface area contributed by atoms with Crippen molar-refractivity contribution < 1.29 is 9.53 Å². The fourth-order valence-electron chi connectivity index (χ4n) is 0.943. The first-order chi connectivity index (χ1) is 6.72. The Morgan fingerprint density at radius 2 is 2.00 bits per heavy atom. The number of benzene rings is 1. The summed E-state index contributed by atoms with van der Waals surface area (Å²) in [4.78, 5) is 11.3. The van der Waals surface area contributed by atoms with Crippen molar-refractivity contribution in [3.8, 4) is 0 Å². The third-order valence-corrected chi connectivity index (χ3v) is 1.70. The van der Waals surface area contributed by atoms with Gasteiger partial charge in [-0.1, -0.05) is 18.2 Å². The minimum Gasteiger partial charge on any atom is -0.501 e. The number of para-hydroxylation sites is 1. The van der Waals surface area contributed by atoms with Gasteiger partial charge >= 0.3 is 0 Å². The monoisotopic (exact) mass is 191 g/mol. The number of amides is 1. The highest BCUT2D eigenvalue weighted by Crippen LogP contribution is 2.05. The Hall–Kier alpha value is -1.77. The number of hydrogen-bond donors (Lipinski definition) is 1. The van der Waals surface area contributed by atoms with Gasteiger partial charge in [-0.3, -0.25) is 4.79 Å². The van der Waals surface area contributed by atoms with Gasteiger partial charge in [-0.25, -0.2) is 0 Å². The lowest BCUT2D eigenvalue weighted by atomic mass is 10.3. The Morgan fingerprint density at radius 3 is 2.57 bits per heavy atom. The highest BCUT2D eigenvalue weighted by Gasteiger charge is 1.98. The predicted molar refractivity (Wildman–Crippen MR) is 55.8 cm³/mol. The molecule has 0 radical (unpaired) electrons. The van der Waals surface area contributed by atoms with E-state index < -0.39 is 0 Å². The first-order valence-electron chi connectivity index (χ1n) is 4.30. The quantitative estimate of drug-likeness (QED) is 0.587. The molecule has 74 valence electrons. The molecule has 0 aromatic heterocycles. The van der Waals surface area contributed by atoms with Crippen molar-refractivity contribution in [1.82, 2.24) is 0 Å². The lowest BCUT2D eigenvalue weighted by molar-refractivity contribution is -0.112. The van der Waals surface area contributed by atoms with Crippen LogP contribution in [-0.2, 0) is 9.53 Å². The summed E-state index contributed by atoms with van der Waals surface area (Å²) in [6.07, 6.45) is 1.41. The van der Waals surface area contributed by atoms with E-state index in [1.54, 1.807) is 6.92 Å². The molecule has 3 nitrogen and oxygen atoms in total. The van der Waals surface area contributed by atoms with E-state index in [0.717, 1.165) is 5.69 Å². The Bertz CT molecular complexity index is 330. The van der Waals surface area contributed by atoms with Crippen molar-refractivity contribution in [2.45, 2.75) is 6.92 Å². The van der Waals surface area contributed by atoms with E-state index in [-0.39, 0.29) is 5.91 Å². The van der Waals surface area contributed by atoms with Crippen molar-refractivity contribution >= 4 is 11.6 Å². The van der Waals surface area contributed by atoms with Gasteiger partial charge in [0.05, 0.1) is 12.9 Å². The zero-order chi connectivity index (χ0) is 10.4. The summed E-state index contributed by atoms with van der Waals surface area (Å²) in [5.41, 5.74) is 0.776. The molecule has 0 aliphatic heterocycles. The number of allylic oxidation sites excluding steroid dienone is 1. The Kier molecular flexibility index (Phi) is 3.73. The fraction of sp³-hybridized carbons (Fsp3) is 0.182. The number of ether oxygens (including phenoxy) is 1. The van der Waals surface area contributed by atoms with E-state index in [1.165, 1.54) is 13.2 Å². The van der Waals surface area contributed by atoms with E-state index >= 15 is 0 Å². The van der Waals surface area contributed by atoms with Crippen molar-refractivity contribution in [2.24, 2.45) is 0 Å². The van der Waals surface area contributed by atoms with E-state index in [4.69, 9.17) is 4.74 Å². The molecule has 1 amide bonds. The van der Waals surface area contributed by atoms with Crippen molar-refractivity contribution in [1.29, 1.82) is 0 Å². The maximum atomic E-state index is 11.3. The Labute approximate surface area is 83.4 Å². The normalized spacial score (nSPS) is 10.9. The van der Waals surface area contributed by atoms with Crippen LogP contribution in [0.3, 0.4) is 0 Å². The van der Waals surface area contributed by atoms with Gasteiger partial charge in [0.2, 0.25) is 0 Å². The third-order valence-electron chi connectivity index (χ3n) is 1.70. The topological polar surface area (TPSA) is 38.3 Å². The van der Waals surface area contributed by atoms with E-state index in [2.05, 4.69) is 5.32 Å². The van der Waals surface area contributed by atoms with Crippen LogP contribution in [0.15, 0.2) is 42.2 Å². The van der Waals surface area contributed by atoms with Gasteiger partial charge in [0.15, 0.2) is 0 Å². The van der Waals surface area contributed by atoms with Crippen LogP contribution < -0.4 is 5.32 Å². The second-order valence-corrected chi connectivity index (χ2v) is 2.81. The summed E-state index contributed by atoms with van der Waals surface area (Å²) >= 11 is 0. The van der Waals surface area contributed by atoms with Crippen LogP contribution in [-0.4, -0.2) is 13.0 Å². The maximum absolute atomic E-state index is 11.3. The predicted octanol–water partition coefficient (Wildman–Crippen LogP) is 2.18. The molecule has 0 fully saturated rings. The number of carbonyl (C=O) groups excluding carboxylic acids is 1. The average Bonchev–Trinajstić information content (AvgIpc) is 2.19. The second-order valence-electron chi connectivity index (χ2n) is 2.81. The van der Waals surface area contributed by atoms with E-state index in [9.17, 15) is 4.79 Å². The molecular weight excluding hydrogens is 178 g/mol. The van der Waals surface area contributed by atoms with Gasteiger partial charge in [0, 0.05) is 11.8 Å². The highest BCUT2D eigenvalue weighted by atomic mass is 16.5. The minimum absolute atomic E-state index is 0.185. The van der Waals surface area contributed by atoms with Crippen molar-refractivity contribution in [3.05, 3.63) is 42.2 Å². The molecule has 1 N–H and O–H groups in total. The zero-order valence-corrected chi connectivity index (χ0v) is 8.28. The van der Waals surface area contributed by atoms with Gasteiger partial charge in [0.25, 0.3) is 5.91 Å². The average molecular weight is 191 g/mol. The molecular formula is C11H13NO2. The molecule has 1 aromatic rings. The molecule has 0 saturated heterocycles. The second kappa shape index (κ2) is 5.07. The molecule has 0 heterocycles. The van der Waals surface area contributed by atoms with Gasteiger partial charge in [-0.05, 0) is 19.1 Å². The number of methoxy groups -OCH3 is 1. The molecule has 1 aromatic carbocycles. The maximum Gasteiger partial charge on any atom is 0.251 e. The van der Waals surface area contributed by atoms with Gasteiger partial charge in [0.1, 0.15) is 0 Å². The zero-order valence-electron chi connectivity index (χ0n) is 8.28. The summed E-state index contributed by atoms with van der Waals surface area (Å²) in [5, 5.41) is 2.71. The largest absolute Gasteiger partial charge is 0.501 e. The standard InChI is InChI=1S/C11H13NO2/c1-9(14-2)8-11(13)12-10-6-4-3-5-7-10/h3-8H,1-2H3,(H,12,13)/b9-8-. The van der Waals surface area contributed by atoms with Crippen LogP contribution in [0, 0.1) is 0 Å². The molecule has 0 aliphatic rings. The first-order valence-corrected chi connectivity index (χ1v) is 4.30. The van der Waals surface area contributed by atoms with Gasteiger partial charge in [-0.15, -0.1) is 0 Å². The number of hydrogen-bond acceptors (Lipinski definition) is 2. The van der Waals surface area contributed by atoms with Gasteiger partial charge < -0.3 is 10.1 Å².